The van der Waals surface area contributed by atoms with Crippen molar-refractivity contribution in [2.45, 2.75) is 88.5 Å². The van der Waals surface area contributed by atoms with Gasteiger partial charge in [-0.05, 0) is 119 Å². The molecular weight excluding hydrogens is 712 g/mol. The Balaban J connectivity index is 1.30. The molecule has 6 atom stereocenters. The number of piperazine rings is 1. The smallest absolute Gasteiger partial charge is 0.264 e. The summed E-state index contributed by atoms with van der Waals surface area (Å²) in [5.74, 6) is 0.307. The first-order valence-electron chi connectivity index (χ1n) is 19.4. The van der Waals surface area contributed by atoms with E-state index in [2.05, 4.69) is 52.7 Å². The third-order valence-electron chi connectivity index (χ3n) is 13.0. The summed E-state index contributed by atoms with van der Waals surface area (Å²) >= 11 is 6.49. The number of anilines is 1. The number of benzene rings is 2. The lowest BCUT2D eigenvalue weighted by atomic mass is 9.63. The van der Waals surface area contributed by atoms with Gasteiger partial charge >= 0.3 is 0 Å². The van der Waals surface area contributed by atoms with E-state index in [0.717, 1.165) is 49.4 Å². The van der Waals surface area contributed by atoms with Crippen LogP contribution in [0.1, 0.15) is 81.3 Å². The maximum Gasteiger partial charge on any atom is 0.264 e. The minimum absolute atomic E-state index is 0.130. The Bertz CT molecular complexity index is 1870. The number of amides is 2. The van der Waals surface area contributed by atoms with E-state index in [-0.39, 0.29) is 40.7 Å². The van der Waals surface area contributed by atoms with Crippen molar-refractivity contribution >= 4 is 39.1 Å². The van der Waals surface area contributed by atoms with E-state index in [1.54, 1.807) is 20.1 Å². The zero-order valence-corrected chi connectivity index (χ0v) is 33.3. The average molecular weight is 767 g/mol. The topological polar surface area (TPSA) is 108 Å². The summed E-state index contributed by atoms with van der Waals surface area (Å²) in [6.45, 7) is 11.9. The molecule has 1 saturated carbocycles. The van der Waals surface area contributed by atoms with Crippen LogP contribution in [-0.4, -0.2) is 99.9 Å². The van der Waals surface area contributed by atoms with Gasteiger partial charge in [0.25, 0.3) is 5.91 Å². The Morgan fingerprint density at radius 3 is 2.62 bits per heavy atom. The number of ether oxygens (including phenoxy) is 2. The molecular formula is C41H55ClN4O6S. The Morgan fingerprint density at radius 1 is 1.09 bits per heavy atom. The maximum absolute atomic E-state index is 13.6. The molecule has 0 aromatic heterocycles. The van der Waals surface area contributed by atoms with Gasteiger partial charge < -0.3 is 19.3 Å². The summed E-state index contributed by atoms with van der Waals surface area (Å²) in [5, 5.41) is -0.0916. The molecule has 2 aromatic rings. The number of sulfonamides is 1. The van der Waals surface area contributed by atoms with Gasteiger partial charge in [0, 0.05) is 61.9 Å². The summed E-state index contributed by atoms with van der Waals surface area (Å²) in [6.07, 6.45) is 9.61. The van der Waals surface area contributed by atoms with Crippen molar-refractivity contribution in [1.82, 2.24) is 14.5 Å². The minimum Gasteiger partial charge on any atom is -0.490 e. The normalized spacial score (nSPS) is 32.6. The number of halogens is 1. The van der Waals surface area contributed by atoms with Gasteiger partial charge in [0.15, 0.2) is 0 Å². The second-order valence-corrected chi connectivity index (χ2v) is 19.1. The van der Waals surface area contributed by atoms with Crippen molar-refractivity contribution in [2.24, 2.45) is 17.8 Å². The lowest BCUT2D eigenvalue weighted by molar-refractivity contribution is -0.142. The third kappa shape index (κ3) is 7.35. The Hall–Kier alpha value is -3.12. The molecule has 0 radical (unpaired) electrons. The second kappa shape index (κ2) is 14.8. The highest BCUT2D eigenvalue weighted by atomic mass is 35.5. The van der Waals surface area contributed by atoms with E-state index in [1.165, 1.54) is 11.1 Å². The van der Waals surface area contributed by atoms with Crippen LogP contribution in [0.25, 0.3) is 0 Å². The average Bonchev–Trinajstić information content (AvgIpc) is 3.25. The van der Waals surface area contributed by atoms with E-state index < -0.39 is 26.8 Å². The summed E-state index contributed by atoms with van der Waals surface area (Å²) in [6, 6.07) is 11.7. The maximum atomic E-state index is 13.6. The number of fused-ring (bicyclic) bond motifs is 4. The van der Waals surface area contributed by atoms with Gasteiger partial charge in [-0.25, -0.2) is 13.1 Å². The molecule has 0 unspecified atom stereocenters. The predicted octanol–water partition coefficient (Wildman–Crippen LogP) is 5.82. The van der Waals surface area contributed by atoms with Gasteiger partial charge in [0.1, 0.15) is 11.4 Å². The number of aryl methyl sites for hydroxylation is 1. The zero-order chi connectivity index (χ0) is 37.7. The Morgan fingerprint density at radius 2 is 1.91 bits per heavy atom. The predicted molar refractivity (Wildman–Crippen MR) is 208 cm³/mol. The van der Waals surface area contributed by atoms with Gasteiger partial charge in [0.2, 0.25) is 15.9 Å². The fraction of sp³-hybridized carbons (Fsp3) is 0.610. The van der Waals surface area contributed by atoms with Gasteiger partial charge in [-0.3, -0.25) is 14.5 Å². The van der Waals surface area contributed by atoms with Crippen molar-refractivity contribution in [2.75, 3.05) is 57.9 Å². The molecule has 1 N–H and O–H groups in total. The van der Waals surface area contributed by atoms with E-state index >= 15 is 0 Å². The standard InChI is InChI=1S/C41H55ClN4O6S/c1-27(2)46-19-18-44(23-38(46)47)25-41(51-5)17-6-8-28(3)29(4)53(49,50)43-39(48)31-11-15-37-36(21-31)45(22-32-10-13-35(32)41)24-40(26-52-37)16-7-9-30-20-33(42)12-14-34(30)40/h6,11-12,14-15,17,20-21,27-29,32,35H,7-10,13,16,18-19,22-26H2,1-5H3,(H,43,48)/b17-6+/t28-,29+,32-,35+,40-,41-/m0/s1. The van der Waals surface area contributed by atoms with Gasteiger partial charge in [-0.1, -0.05) is 36.7 Å². The first-order valence-corrected chi connectivity index (χ1v) is 21.3. The molecule has 288 valence electrons. The Labute approximate surface area is 320 Å². The highest BCUT2D eigenvalue weighted by molar-refractivity contribution is 7.90. The number of carbonyl (C=O) groups is 2. The molecule has 10 nitrogen and oxygen atoms in total. The first-order chi connectivity index (χ1) is 25.2. The van der Waals surface area contributed by atoms with Crippen LogP contribution in [0.4, 0.5) is 5.69 Å². The molecule has 2 aromatic carbocycles. The van der Waals surface area contributed by atoms with Crippen molar-refractivity contribution in [1.29, 1.82) is 0 Å². The van der Waals surface area contributed by atoms with Crippen LogP contribution in [0.2, 0.25) is 5.02 Å². The fourth-order valence-corrected chi connectivity index (χ4v) is 11.1. The number of nitrogens with one attached hydrogen (secondary N) is 1. The van der Waals surface area contributed by atoms with Crippen molar-refractivity contribution in [3.05, 3.63) is 70.3 Å². The van der Waals surface area contributed by atoms with Crippen LogP contribution in [0.3, 0.4) is 0 Å². The molecule has 7 rings (SSSR count). The van der Waals surface area contributed by atoms with Crippen LogP contribution in [0.5, 0.6) is 5.75 Å². The first kappa shape index (κ1) is 38.2. The molecule has 2 amide bonds. The number of nitrogens with zero attached hydrogens (tertiary/aromatic N) is 3. The van der Waals surface area contributed by atoms with E-state index in [1.807, 2.05) is 30.0 Å². The third-order valence-corrected chi connectivity index (χ3v) is 15.2. The van der Waals surface area contributed by atoms with E-state index in [9.17, 15) is 18.0 Å². The number of rotatable bonds is 4. The largest absolute Gasteiger partial charge is 0.490 e. The molecule has 3 heterocycles. The number of hydrogen-bond acceptors (Lipinski definition) is 8. The molecule has 1 saturated heterocycles. The van der Waals surface area contributed by atoms with Crippen LogP contribution in [0.15, 0.2) is 48.6 Å². The molecule has 5 aliphatic rings. The van der Waals surface area contributed by atoms with E-state index in [4.69, 9.17) is 21.1 Å². The summed E-state index contributed by atoms with van der Waals surface area (Å²) in [7, 11) is -2.22. The number of methoxy groups -OCH3 is 1. The second-order valence-electron chi connectivity index (χ2n) is 16.6. The molecule has 2 aliphatic carbocycles. The van der Waals surface area contributed by atoms with Crippen molar-refractivity contribution in [3.8, 4) is 5.75 Å². The summed E-state index contributed by atoms with van der Waals surface area (Å²) < 4.78 is 42.9. The van der Waals surface area contributed by atoms with Crippen LogP contribution >= 0.6 is 11.6 Å². The number of carbonyl (C=O) groups excluding carboxylic acids is 2. The minimum atomic E-state index is -3.99. The molecule has 2 bridgehead atoms. The molecule has 53 heavy (non-hydrogen) atoms. The quantitative estimate of drug-likeness (QED) is 0.388. The molecule has 2 fully saturated rings. The number of allylic oxidation sites excluding steroid dienone is 1. The lowest BCUT2D eigenvalue weighted by Gasteiger charge is -2.52. The van der Waals surface area contributed by atoms with Crippen LogP contribution in [0, 0.1) is 17.8 Å². The summed E-state index contributed by atoms with van der Waals surface area (Å²) in [4.78, 5) is 33.4. The highest BCUT2D eigenvalue weighted by Crippen LogP contribution is 2.49. The van der Waals surface area contributed by atoms with Gasteiger partial charge in [-0.2, -0.15) is 0 Å². The van der Waals surface area contributed by atoms with Crippen LogP contribution in [-0.2, 0) is 31.4 Å². The van der Waals surface area contributed by atoms with Gasteiger partial charge in [0.05, 0.1) is 24.1 Å². The highest BCUT2D eigenvalue weighted by Gasteiger charge is 2.50. The molecule has 3 aliphatic heterocycles. The van der Waals surface area contributed by atoms with Crippen LogP contribution < -0.4 is 14.4 Å². The monoisotopic (exact) mass is 766 g/mol. The molecule has 12 heteroatoms. The van der Waals surface area contributed by atoms with E-state index in [0.29, 0.717) is 51.5 Å². The lowest BCUT2D eigenvalue weighted by Crippen LogP contribution is -2.60. The zero-order valence-electron chi connectivity index (χ0n) is 31.8. The fourth-order valence-electron chi connectivity index (χ4n) is 9.57. The molecule has 1 spiro atoms. The van der Waals surface area contributed by atoms with Crippen molar-refractivity contribution < 1.29 is 27.5 Å². The summed E-state index contributed by atoms with van der Waals surface area (Å²) in [5.41, 5.74) is 2.59. The SMILES string of the molecule is CO[C@]1(CN2CCN(C(C)C)C(=O)C2)/C=C/C[C@H](C)[C@@H](C)S(=O)(=O)NC(=O)c2ccc3c(c2)N(C[C@@H]2CC[C@H]21)C[C@@]1(CCCc2cc(Cl)ccc21)CO3. The van der Waals surface area contributed by atoms with Gasteiger partial charge in [-0.15, -0.1) is 0 Å². The number of hydrogen-bond donors (Lipinski definition) is 1. The Kier molecular flexibility index (Phi) is 10.7. The van der Waals surface area contributed by atoms with Crippen molar-refractivity contribution in [3.63, 3.8) is 0 Å².